The van der Waals surface area contributed by atoms with E-state index in [4.69, 9.17) is 5.26 Å². The highest BCUT2D eigenvalue weighted by Gasteiger charge is 2.29. The highest BCUT2D eigenvalue weighted by molar-refractivity contribution is 4.90. The maximum atomic E-state index is 9.21. The lowest BCUT2D eigenvalue weighted by Gasteiger charge is -2.42. The summed E-state index contributed by atoms with van der Waals surface area (Å²) in [6, 6.07) is 5.31. The minimum atomic E-state index is 0.0164. The topological polar surface area (TPSA) is 54.1 Å². The first kappa shape index (κ1) is 18.2. The van der Waals surface area contributed by atoms with E-state index < -0.39 is 0 Å². The summed E-state index contributed by atoms with van der Waals surface area (Å²) in [6.45, 7) is 10.0. The molecule has 1 atom stereocenters. The Balaban J connectivity index is 1.70. The summed E-state index contributed by atoms with van der Waals surface area (Å²) in [4.78, 5) is 5.10. The van der Waals surface area contributed by atoms with E-state index >= 15 is 0 Å². The van der Waals surface area contributed by atoms with Crippen molar-refractivity contribution in [3.63, 3.8) is 0 Å². The molecule has 1 unspecified atom stereocenters. The molecule has 1 saturated heterocycles. The molecule has 0 spiro atoms. The molecule has 0 aromatic heterocycles. The molecule has 4 heteroatoms. The van der Waals surface area contributed by atoms with Crippen LogP contribution in [0.1, 0.15) is 52.4 Å². The van der Waals surface area contributed by atoms with E-state index in [1.54, 1.807) is 0 Å². The predicted molar refractivity (Wildman–Crippen MR) is 92.5 cm³/mol. The zero-order valence-electron chi connectivity index (χ0n) is 14.9. The number of nitrogens with zero attached hydrogens (tertiary/aromatic N) is 4. The van der Waals surface area contributed by atoms with Crippen LogP contribution in [0, 0.1) is 40.4 Å². The molecule has 0 aromatic carbocycles. The number of piperazine rings is 1. The molecule has 1 heterocycles. The van der Waals surface area contributed by atoms with Gasteiger partial charge in [-0.1, -0.05) is 13.8 Å². The minimum Gasteiger partial charge on any atom is -0.299 e. The van der Waals surface area contributed by atoms with Crippen LogP contribution in [0.2, 0.25) is 0 Å². The van der Waals surface area contributed by atoms with Crippen LogP contribution < -0.4 is 0 Å². The van der Waals surface area contributed by atoms with Crippen LogP contribution in [-0.4, -0.2) is 48.6 Å². The normalized spacial score (nSPS) is 28.2. The molecular weight excluding hydrogens is 284 g/mol. The minimum absolute atomic E-state index is 0.0164. The average molecular weight is 316 g/mol. The molecule has 0 aromatic rings. The van der Waals surface area contributed by atoms with E-state index in [9.17, 15) is 5.26 Å². The number of rotatable bonds is 6. The Morgan fingerprint density at radius 1 is 1.00 bits per heavy atom. The van der Waals surface area contributed by atoms with Crippen LogP contribution in [0.15, 0.2) is 0 Å². The molecule has 0 radical (unpaired) electrons. The highest BCUT2D eigenvalue weighted by atomic mass is 15.3. The van der Waals surface area contributed by atoms with E-state index in [1.165, 1.54) is 25.7 Å². The summed E-state index contributed by atoms with van der Waals surface area (Å²) in [5.41, 5.74) is 0. The van der Waals surface area contributed by atoms with E-state index in [1.807, 2.05) is 0 Å². The van der Waals surface area contributed by atoms with Crippen LogP contribution in [0.3, 0.4) is 0 Å². The number of hydrogen-bond acceptors (Lipinski definition) is 4. The van der Waals surface area contributed by atoms with Gasteiger partial charge in [0.1, 0.15) is 0 Å². The SMILES string of the molecule is CC(C)C1CCC(N2CCN(CC(C#N)CCC#N)CC2)CC1. The fourth-order valence-electron chi connectivity index (χ4n) is 4.19. The van der Waals surface area contributed by atoms with Crippen molar-refractivity contribution in [2.45, 2.75) is 58.4 Å². The monoisotopic (exact) mass is 316 g/mol. The van der Waals surface area contributed by atoms with Gasteiger partial charge in [0, 0.05) is 45.2 Å². The third-order valence-electron chi connectivity index (χ3n) is 5.87. The Morgan fingerprint density at radius 2 is 1.65 bits per heavy atom. The molecule has 0 N–H and O–H groups in total. The molecule has 0 amide bonds. The second-order valence-corrected chi connectivity index (χ2v) is 7.67. The molecule has 1 saturated carbocycles. The summed E-state index contributed by atoms with van der Waals surface area (Å²) < 4.78 is 0. The van der Waals surface area contributed by atoms with Gasteiger partial charge in [0.2, 0.25) is 0 Å². The Labute approximate surface area is 142 Å². The van der Waals surface area contributed by atoms with Gasteiger partial charge in [-0.25, -0.2) is 0 Å². The van der Waals surface area contributed by atoms with Crippen LogP contribution in [0.25, 0.3) is 0 Å². The standard InChI is InChI=1S/C19H32N4/c1-16(2)18-5-7-19(8-6-18)23-12-10-22(11-13-23)15-17(14-21)4-3-9-20/h16-19H,3-8,10-13,15H2,1-2H3. The number of nitriles is 2. The van der Waals surface area contributed by atoms with Gasteiger partial charge in [0.05, 0.1) is 18.1 Å². The Kier molecular flexibility index (Phi) is 7.34. The van der Waals surface area contributed by atoms with Gasteiger partial charge in [-0.3, -0.25) is 9.80 Å². The Morgan fingerprint density at radius 3 is 2.17 bits per heavy atom. The molecular formula is C19H32N4. The van der Waals surface area contributed by atoms with Gasteiger partial charge in [0.15, 0.2) is 0 Å². The zero-order chi connectivity index (χ0) is 16.7. The van der Waals surface area contributed by atoms with Crippen molar-refractivity contribution < 1.29 is 0 Å². The van der Waals surface area contributed by atoms with Gasteiger partial charge in [-0.05, 0) is 43.9 Å². The summed E-state index contributed by atoms with van der Waals surface area (Å²) in [5, 5.41) is 17.9. The van der Waals surface area contributed by atoms with E-state index in [2.05, 4.69) is 35.8 Å². The first-order chi connectivity index (χ1) is 11.1. The number of hydrogen-bond donors (Lipinski definition) is 0. The van der Waals surface area contributed by atoms with Crippen LogP contribution in [-0.2, 0) is 0 Å². The van der Waals surface area contributed by atoms with Crippen molar-refractivity contribution in [2.24, 2.45) is 17.8 Å². The second-order valence-electron chi connectivity index (χ2n) is 7.67. The quantitative estimate of drug-likeness (QED) is 0.755. The molecule has 1 aliphatic carbocycles. The highest BCUT2D eigenvalue weighted by Crippen LogP contribution is 2.32. The fraction of sp³-hybridized carbons (Fsp3) is 0.895. The lowest BCUT2D eigenvalue weighted by atomic mass is 9.79. The molecule has 23 heavy (non-hydrogen) atoms. The average Bonchev–Trinajstić information content (AvgIpc) is 2.59. The smallest absolute Gasteiger partial charge is 0.0669 e. The third-order valence-corrected chi connectivity index (χ3v) is 5.87. The molecule has 4 nitrogen and oxygen atoms in total. The predicted octanol–water partition coefficient (Wildman–Crippen LogP) is 3.26. The first-order valence-electron chi connectivity index (χ1n) is 9.37. The summed E-state index contributed by atoms with van der Waals surface area (Å²) in [7, 11) is 0. The van der Waals surface area contributed by atoms with Crippen LogP contribution in [0.4, 0.5) is 0 Å². The fourth-order valence-corrected chi connectivity index (χ4v) is 4.19. The molecule has 1 aliphatic heterocycles. The summed E-state index contributed by atoms with van der Waals surface area (Å²) in [6.07, 6.45) is 6.74. The van der Waals surface area contributed by atoms with Gasteiger partial charge in [0.25, 0.3) is 0 Å². The van der Waals surface area contributed by atoms with Crippen molar-refractivity contribution in [2.75, 3.05) is 32.7 Å². The van der Waals surface area contributed by atoms with Crippen molar-refractivity contribution >= 4 is 0 Å². The largest absolute Gasteiger partial charge is 0.299 e. The van der Waals surface area contributed by atoms with Gasteiger partial charge in [-0.2, -0.15) is 10.5 Å². The summed E-state index contributed by atoms with van der Waals surface area (Å²) in [5.74, 6) is 1.79. The zero-order valence-corrected chi connectivity index (χ0v) is 14.9. The van der Waals surface area contributed by atoms with Crippen molar-refractivity contribution in [3.05, 3.63) is 0 Å². The van der Waals surface area contributed by atoms with Crippen LogP contribution in [0.5, 0.6) is 0 Å². The second kappa shape index (κ2) is 9.26. The van der Waals surface area contributed by atoms with Gasteiger partial charge in [-0.15, -0.1) is 0 Å². The molecule has 2 rings (SSSR count). The van der Waals surface area contributed by atoms with E-state index in [-0.39, 0.29) is 5.92 Å². The van der Waals surface area contributed by atoms with E-state index in [0.29, 0.717) is 12.8 Å². The van der Waals surface area contributed by atoms with Gasteiger partial charge < -0.3 is 0 Å². The third kappa shape index (κ3) is 5.48. The Bertz CT molecular complexity index is 418. The van der Waals surface area contributed by atoms with Crippen LogP contribution >= 0.6 is 0 Å². The molecule has 2 fully saturated rings. The van der Waals surface area contributed by atoms with E-state index in [0.717, 1.165) is 50.6 Å². The maximum Gasteiger partial charge on any atom is 0.0669 e. The van der Waals surface area contributed by atoms with Crippen molar-refractivity contribution in [1.82, 2.24) is 9.80 Å². The molecule has 0 bridgehead atoms. The Hall–Kier alpha value is -1.10. The maximum absolute atomic E-state index is 9.21. The molecule has 128 valence electrons. The first-order valence-corrected chi connectivity index (χ1v) is 9.37. The lowest BCUT2D eigenvalue weighted by molar-refractivity contribution is 0.0616. The molecule has 2 aliphatic rings. The van der Waals surface area contributed by atoms with Crippen molar-refractivity contribution in [3.8, 4) is 12.1 Å². The lowest BCUT2D eigenvalue weighted by Crippen LogP contribution is -2.52. The van der Waals surface area contributed by atoms with Gasteiger partial charge >= 0.3 is 0 Å². The van der Waals surface area contributed by atoms with Crippen molar-refractivity contribution in [1.29, 1.82) is 10.5 Å². The summed E-state index contributed by atoms with van der Waals surface area (Å²) >= 11 is 0.